The molecule has 1 aliphatic rings. The molecule has 2 nitrogen and oxygen atoms in total. The first-order valence-electron chi connectivity index (χ1n) is 7.65. The Morgan fingerprint density at radius 2 is 1.95 bits per heavy atom. The smallest absolute Gasteiger partial charge is 0.0402 e. The summed E-state index contributed by atoms with van der Waals surface area (Å²) in [7, 11) is 2.07. The van der Waals surface area contributed by atoms with Gasteiger partial charge in [0.1, 0.15) is 0 Å². The van der Waals surface area contributed by atoms with Gasteiger partial charge in [0.15, 0.2) is 0 Å². The summed E-state index contributed by atoms with van der Waals surface area (Å²) in [5.74, 6) is 0. The molecule has 0 aliphatic carbocycles. The number of nitrogens with zero attached hydrogens (tertiary/aromatic N) is 1. The minimum absolute atomic E-state index is 0.389. The summed E-state index contributed by atoms with van der Waals surface area (Å²) in [5, 5.41) is 3.40. The van der Waals surface area contributed by atoms with Gasteiger partial charge in [-0.1, -0.05) is 32.0 Å². The van der Waals surface area contributed by atoms with Gasteiger partial charge in [-0.05, 0) is 50.3 Å². The minimum Gasteiger partial charge on any atom is -0.368 e. The van der Waals surface area contributed by atoms with Crippen LogP contribution in [0, 0.1) is 5.41 Å². The maximum Gasteiger partial charge on any atom is 0.0402 e. The molecule has 1 atom stereocenters. The summed E-state index contributed by atoms with van der Waals surface area (Å²) < 4.78 is 0. The molecule has 0 radical (unpaired) electrons. The number of nitrogens with one attached hydrogen (secondary N) is 1. The molecule has 1 aromatic rings. The van der Waals surface area contributed by atoms with Crippen molar-refractivity contribution < 1.29 is 0 Å². The molecule has 1 aromatic carbocycles. The van der Waals surface area contributed by atoms with Crippen molar-refractivity contribution in [2.24, 2.45) is 5.41 Å². The van der Waals surface area contributed by atoms with Gasteiger partial charge in [0.2, 0.25) is 0 Å². The van der Waals surface area contributed by atoms with Crippen LogP contribution < -0.4 is 10.2 Å². The van der Waals surface area contributed by atoms with Crippen molar-refractivity contribution in [3.8, 4) is 0 Å². The molecule has 0 amide bonds. The standard InChI is InChI=1S/C17H28N2/c1-5-17(6-2,12-18-4)13-19-14(3)11-15-9-7-8-10-16(15)19/h7-10,14,18H,5-6,11-13H2,1-4H3. The maximum absolute atomic E-state index is 3.40. The van der Waals surface area contributed by atoms with Crippen molar-refractivity contribution in [3.05, 3.63) is 29.8 Å². The third-order valence-corrected chi connectivity index (χ3v) is 4.91. The van der Waals surface area contributed by atoms with Crippen LogP contribution in [-0.2, 0) is 6.42 Å². The summed E-state index contributed by atoms with van der Waals surface area (Å²) in [6, 6.07) is 9.53. The first-order valence-corrected chi connectivity index (χ1v) is 7.65. The zero-order chi connectivity index (χ0) is 13.9. The number of rotatable bonds is 6. The molecule has 1 N–H and O–H groups in total. The van der Waals surface area contributed by atoms with Crippen LogP contribution in [0.15, 0.2) is 24.3 Å². The lowest BCUT2D eigenvalue weighted by molar-refractivity contribution is 0.255. The Hall–Kier alpha value is -1.02. The summed E-state index contributed by atoms with van der Waals surface area (Å²) >= 11 is 0. The molecular formula is C17H28N2. The van der Waals surface area contributed by atoms with Gasteiger partial charge in [0.05, 0.1) is 0 Å². The van der Waals surface area contributed by atoms with Gasteiger partial charge in [0.25, 0.3) is 0 Å². The summed E-state index contributed by atoms with van der Waals surface area (Å²) in [6.45, 7) is 9.28. The van der Waals surface area contributed by atoms with E-state index in [9.17, 15) is 0 Å². The monoisotopic (exact) mass is 260 g/mol. The molecule has 0 saturated heterocycles. The Morgan fingerprint density at radius 3 is 2.58 bits per heavy atom. The second-order valence-corrected chi connectivity index (χ2v) is 6.05. The minimum atomic E-state index is 0.389. The van der Waals surface area contributed by atoms with Crippen molar-refractivity contribution in [1.82, 2.24) is 5.32 Å². The van der Waals surface area contributed by atoms with Crippen LogP contribution >= 0.6 is 0 Å². The lowest BCUT2D eigenvalue weighted by Gasteiger charge is -2.39. The molecule has 1 heterocycles. The molecule has 0 bridgehead atoms. The summed E-state index contributed by atoms with van der Waals surface area (Å²) in [4.78, 5) is 2.62. The van der Waals surface area contributed by atoms with E-state index in [1.807, 2.05) is 0 Å². The second kappa shape index (κ2) is 5.96. The van der Waals surface area contributed by atoms with Gasteiger partial charge in [-0.2, -0.15) is 0 Å². The molecule has 0 saturated carbocycles. The molecule has 106 valence electrons. The van der Waals surface area contributed by atoms with E-state index in [2.05, 4.69) is 62.3 Å². The van der Waals surface area contributed by atoms with Crippen LogP contribution in [0.5, 0.6) is 0 Å². The Labute approximate surface area is 118 Å². The van der Waals surface area contributed by atoms with E-state index < -0.39 is 0 Å². The molecule has 1 unspecified atom stereocenters. The van der Waals surface area contributed by atoms with Crippen molar-refractivity contribution >= 4 is 5.69 Å². The largest absolute Gasteiger partial charge is 0.368 e. The average molecular weight is 260 g/mol. The van der Waals surface area contributed by atoms with Gasteiger partial charge in [0, 0.05) is 24.8 Å². The molecule has 2 rings (SSSR count). The van der Waals surface area contributed by atoms with E-state index >= 15 is 0 Å². The third kappa shape index (κ3) is 2.79. The zero-order valence-electron chi connectivity index (χ0n) is 12.9. The highest BCUT2D eigenvalue weighted by atomic mass is 15.2. The number of anilines is 1. The first kappa shape index (κ1) is 14.4. The van der Waals surface area contributed by atoms with Gasteiger partial charge in [-0.3, -0.25) is 0 Å². The van der Waals surface area contributed by atoms with E-state index in [4.69, 9.17) is 0 Å². The van der Waals surface area contributed by atoms with Crippen LogP contribution in [0.4, 0.5) is 5.69 Å². The van der Waals surface area contributed by atoms with Gasteiger partial charge >= 0.3 is 0 Å². The Morgan fingerprint density at radius 1 is 1.26 bits per heavy atom. The Balaban J connectivity index is 2.22. The first-order chi connectivity index (χ1) is 9.15. The molecule has 1 aliphatic heterocycles. The van der Waals surface area contributed by atoms with Crippen molar-refractivity contribution in [1.29, 1.82) is 0 Å². The van der Waals surface area contributed by atoms with Gasteiger partial charge < -0.3 is 10.2 Å². The summed E-state index contributed by atoms with van der Waals surface area (Å²) in [5.41, 5.74) is 3.36. The molecule has 2 heteroatoms. The second-order valence-electron chi connectivity index (χ2n) is 6.05. The predicted octanol–water partition coefficient (Wildman–Crippen LogP) is 3.46. The van der Waals surface area contributed by atoms with Gasteiger partial charge in [-0.15, -0.1) is 0 Å². The number of hydrogen-bond donors (Lipinski definition) is 1. The fourth-order valence-corrected chi connectivity index (χ4v) is 3.39. The van der Waals surface area contributed by atoms with E-state index in [1.165, 1.54) is 37.1 Å². The number of benzene rings is 1. The van der Waals surface area contributed by atoms with Crippen LogP contribution in [0.25, 0.3) is 0 Å². The van der Waals surface area contributed by atoms with Crippen LogP contribution in [0.3, 0.4) is 0 Å². The Bertz CT molecular complexity index is 409. The van der Waals surface area contributed by atoms with E-state index in [0.29, 0.717) is 11.5 Å². The highest BCUT2D eigenvalue weighted by molar-refractivity contribution is 5.59. The third-order valence-electron chi connectivity index (χ3n) is 4.91. The Kier molecular flexibility index (Phi) is 4.51. The fraction of sp³-hybridized carbons (Fsp3) is 0.647. The molecule has 0 spiro atoms. The fourth-order valence-electron chi connectivity index (χ4n) is 3.39. The van der Waals surface area contributed by atoms with E-state index in [-0.39, 0.29) is 0 Å². The highest BCUT2D eigenvalue weighted by Crippen LogP contribution is 2.36. The van der Waals surface area contributed by atoms with Crippen LogP contribution in [0.2, 0.25) is 0 Å². The predicted molar refractivity (Wildman–Crippen MR) is 83.9 cm³/mol. The normalized spacial score (nSPS) is 18.7. The van der Waals surface area contributed by atoms with Crippen molar-refractivity contribution in [2.75, 3.05) is 25.0 Å². The van der Waals surface area contributed by atoms with E-state index in [0.717, 1.165) is 6.54 Å². The van der Waals surface area contributed by atoms with Crippen LogP contribution in [-0.4, -0.2) is 26.2 Å². The van der Waals surface area contributed by atoms with E-state index in [1.54, 1.807) is 0 Å². The van der Waals surface area contributed by atoms with Crippen molar-refractivity contribution in [2.45, 2.75) is 46.1 Å². The summed E-state index contributed by atoms with van der Waals surface area (Å²) in [6.07, 6.45) is 3.66. The zero-order valence-corrected chi connectivity index (χ0v) is 12.9. The highest BCUT2D eigenvalue weighted by Gasteiger charge is 2.33. The quantitative estimate of drug-likeness (QED) is 0.842. The topological polar surface area (TPSA) is 15.3 Å². The lowest BCUT2D eigenvalue weighted by atomic mass is 9.81. The SMILES string of the molecule is CCC(CC)(CNC)CN1c2ccccc2CC1C. The number of para-hydroxylation sites is 1. The number of hydrogen-bond acceptors (Lipinski definition) is 2. The van der Waals surface area contributed by atoms with Gasteiger partial charge in [-0.25, -0.2) is 0 Å². The average Bonchev–Trinajstić information content (AvgIpc) is 2.74. The molecule has 0 aromatic heterocycles. The lowest BCUT2D eigenvalue weighted by Crippen LogP contribution is -2.45. The molecule has 0 fully saturated rings. The molecular weight excluding hydrogens is 232 g/mol. The van der Waals surface area contributed by atoms with Crippen LogP contribution in [0.1, 0.15) is 39.2 Å². The maximum atomic E-state index is 3.40. The van der Waals surface area contributed by atoms with Crippen molar-refractivity contribution in [3.63, 3.8) is 0 Å². The number of fused-ring (bicyclic) bond motifs is 1. The molecule has 19 heavy (non-hydrogen) atoms.